The lowest BCUT2D eigenvalue weighted by molar-refractivity contribution is 0.0939. The van der Waals surface area contributed by atoms with Crippen LogP contribution in [-0.4, -0.2) is 31.7 Å². The maximum absolute atomic E-state index is 13.9. The van der Waals surface area contributed by atoms with Crippen LogP contribution in [-0.2, 0) is 10.0 Å². The Kier molecular flexibility index (Phi) is 6.33. The van der Waals surface area contributed by atoms with Gasteiger partial charge in [-0.2, -0.15) is 4.31 Å². The molecule has 27 heavy (non-hydrogen) atoms. The average molecular weight is 396 g/mol. The van der Waals surface area contributed by atoms with Gasteiger partial charge in [0.05, 0.1) is 10.9 Å². The van der Waals surface area contributed by atoms with Gasteiger partial charge in [0.15, 0.2) is 0 Å². The molecule has 0 aliphatic rings. The predicted molar refractivity (Wildman–Crippen MR) is 98.8 cm³/mol. The molecule has 2 rings (SSSR count). The minimum Gasteiger partial charge on any atom is -0.345 e. The van der Waals surface area contributed by atoms with Crippen molar-refractivity contribution in [3.05, 3.63) is 65.2 Å². The van der Waals surface area contributed by atoms with E-state index >= 15 is 0 Å². The second kappa shape index (κ2) is 8.14. The lowest BCUT2D eigenvalue weighted by atomic mass is 10.1. The first-order chi connectivity index (χ1) is 12.5. The van der Waals surface area contributed by atoms with E-state index in [-0.39, 0.29) is 22.1 Å². The van der Waals surface area contributed by atoms with Crippen molar-refractivity contribution in [2.75, 3.05) is 7.05 Å². The summed E-state index contributed by atoms with van der Waals surface area (Å²) < 4.78 is 53.3. The average Bonchev–Trinajstić information content (AvgIpc) is 2.60. The van der Waals surface area contributed by atoms with Crippen molar-refractivity contribution in [3.8, 4) is 0 Å². The standard InChI is InChI=1S/C19H22F2N2O3S/c1-12(2)23(4)27(25,26)16-7-5-6-14(10-16)19(24)22-13(3)17-9-8-15(20)11-18(17)21/h5-13H,1-4H3,(H,22,24). The summed E-state index contributed by atoms with van der Waals surface area (Å²) in [5.74, 6) is -2.03. The Balaban J connectivity index is 2.25. The molecule has 0 spiro atoms. The first-order valence-electron chi connectivity index (χ1n) is 8.38. The summed E-state index contributed by atoms with van der Waals surface area (Å²) in [5.41, 5.74) is 0.260. The van der Waals surface area contributed by atoms with Crippen LogP contribution in [0.5, 0.6) is 0 Å². The summed E-state index contributed by atoms with van der Waals surface area (Å²) in [6, 6.07) is 7.77. The lowest BCUT2D eigenvalue weighted by Gasteiger charge is -2.21. The molecule has 0 fully saturated rings. The molecule has 146 valence electrons. The fourth-order valence-corrected chi connectivity index (χ4v) is 3.87. The van der Waals surface area contributed by atoms with Gasteiger partial charge in [0.2, 0.25) is 10.0 Å². The van der Waals surface area contributed by atoms with Crippen molar-refractivity contribution in [3.63, 3.8) is 0 Å². The molecule has 1 atom stereocenters. The van der Waals surface area contributed by atoms with Gasteiger partial charge < -0.3 is 5.32 Å². The zero-order valence-corrected chi connectivity index (χ0v) is 16.3. The number of carbonyl (C=O) groups excluding carboxylic acids is 1. The molecule has 0 bridgehead atoms. The van der Waals surface area contributed by atoms with Crippen LogP contribution < -0.4 is 5.32 Å². The molecule has 0 aliphatic heterocycles. The van der Waals surface area contributed by atoms with Crippen molar-refractivity contribution in [1.29, 1.82) is 0 Å². The van der Waals surface area contributed by atoms with Gasteiger partial charge in [0.25, 0.3) is 5.91 Å². The number of halogens is 2. The van der Waals surface area contributed by atoms with Gasteiger partial charge in [-0.1, -0.05) is 12.1 Å². The van der Waals surface area contributed by atoms with E-state index < -0.39 is 33.6 Å². The zero-order valence-electron chi connectivity index (χ0n) is 15.5. The van der Waals surface area contributed by atoms with Crippen LogP contribution in [0.2, 0.25) is 0 Å². The quantitative estimate of drug-likeness (QED) is 0.813. The first kappa shape index (κ1) is 21.0. The Bertz CT molecular complexity index is 946. The lowest BCUT2D eigenvalue weighted by Crippen LogP contribution is -2.33. The number of hydrogen-bond donors (Lipinski definition) is 1. The van der Waals surface area contributed by atoms with Crippen LogP contribution in [0.25, 0.3) is 0 Å². The molecule has 0 saturated carbocycles. The van der Waals surface area contributed by atoms with E-state index in [1.165, 1.54) is 41.7 Å². The molecular formula is C19H22F2N2O3S. The molecule has 0 aromatic heterocycles. The molecule has 0 saturated heterocycles. The Hall–Kier alpha value is -2.32. The molecule has 5 nitrogen and oxygen atoms in total. The van der Waals surface area contributed by atoms with E-state index in [2.05, 4.69) is 5.32 Å². The SMILES string of the molecule is CC(NC(=O)c1cccc(S(=O)(=O)N(C)C(C)C)c1)c1ccc(F)cc1F. The summed E-state index contributed by atoms with van der Waals surface area (Å²) in [4.78, 5) is 12.5. The predicted octanol–water partition coefficient (Wildman–Crippen LogP) is 3.48. The Morgan fingerprint density at radius 3 is 2.33 bits per heavy atom. The van der Waals surface area contributed by atoms with Crippen LogP contribution in [0.1, 0.15) is 42.7 Å². The highest BCUT2D eigenvalue weighted by atomic mass is 32.2. The van der Waals surface area contributed by atoms with Crippen molar-refractivity contribution in [2.24, 2.45) is 0 Å². The fraction of sp³-hybridized carbons (Fsp3) is 0.316. The van der Waals surface area contributed by atoms with Crippen LogP contribution >= 0.6 is 0 Å². The van der Waals surface area contributed by atoms with E-state index in [1.807, 2.05) is 0 Å². The van der Waals surface area contributed by atoms with Crippen molar-refractivity contribution >= 4 is 15.9 Å². The second-order valence-electron chi connectivity index (χ2n) is 6.50. The van der Waals surface area contributed by atoms with E-state index in [0.29, 0.717) is 0 Å². The van der Waals surface area contributed by atoms with E-state index in [9.17, 15) is 22.0 Å². The van der Waals surface area contributed by atoms with Crippen LogP contribution in [0, 0.1) is 11.6 Å². The highest BCUT2D eigenvalue weighted by molar-refractivity contribution is 7.89. The number of sulfonamides is 1. The van der Waals surface area contributed by atoms with Crippen LogP contribution in [0.15, 0.2) is 47.4 Å². The van der Waals surface area contributed by atoms with Gasteiger partial charge >= 0.3 is 0 Å². The van der Waals surface area contributed by atoms with Gasteiger partial charge in [-0.15, -0.1) is 0 Å². The number of nitrogens with zero attached hydrogens (tertiary/aromatic N) is 1. The molecule has 0 radical (unpaired) electrons. The molecule has 2 aromatic rings. The maximum Gasteiger partial charge on any atom is 0.251 e. The van der Waals surface area contributed by atoms with Gasteiger partial charge in [0.1, 0.15) is 11.6 Å². The van der Waals surface area contributed by atoms with Crippen molar-refractivity contribution < 1.29 is 22.0 Å². The monoisotopic (exact) mass is 396 g/mol. The Morgan fingerprint density at radius 2 is 1.74 bits per heavy atom. The molecule has 1 N–H and O–H groups in total. The number of benzene rings is 2. The summed E-state index contributed by atoms with van der Waals surface area (Å²) in [7, 11) is -2.27. The molecule has 0 heterocycles. The van der Waals surface area contributed by atoms with E-state index in [4.69, 9.17) is 0 Å². The van der Waals surface area contributed by atoms with E-state index in [0.717, 1.165) is 12.1 Å². The summed E-state index contributed by atoms with van der Waals surface area (Å²) in [6.07, 6.45) is 0. The van der Waals surface area contributed by atoms with Crippen molar-refractivity contribution in [1.82, 2.24) is 9.62 Å². The molecule has 8 heteroatoms. The zero-order chi connectivity index (χ0) is 20.4. The van der Waals surface area contributed by atoms with E-state index in [1.54, 1.807) is 20.8 Å². The van der Waals surface area contributed by atoms with Crippen LogP contribution in [0.4, 0.5) is 8.78 Å². The van der Waals surface area contributed by atoms with Gasteiger partial charge in [-0.05, 0) is 45.0 Å². The molecule has 1 unspecified atom stereocenters. The molecular weight excluding hydrogens is 374 g/mol. The Labute approximate surface area is 158 Å². The highest BCUT2D eigenvalue weighted by Gasteiger charge is 2.24. The number of rotatable bonds is 6. The summed E-state index contributed by atoms with van der Waals surface area (Å²) in [5, 5.41) is 2.59. The minimum absolute atomic E-state index is 0.00744. The number of nitrogens with one attached hydrogen (secondary N) is 1. The van der Waals surface area contributed by atoms with Gasteiger partial charge in [0, 0.05) is 30.3 Å². The van der Waals surface area contributed by atoms with Crippen molar-refractivity contribution in [2.45, 2.75) is 37.8 Å². The third-order valence-corrected chi connectivity index (χ3v) is 6.31. The molecule has 2 aromatic carbocycles. The molecule has 0 aliphatic carbocycles. The third kappa shape index (κ3) is 4.70. The summed E-state index contributed by atoms with van der Waals surface area (Å²) >= 11 is 0. The largest absolute Gasteiger partial charge is 0.345 e. The minimum atomic E-state index is -3.73. The first-order valence-corrected chi connectivity index (χ1v) is 9.82. The third-order valence-electron chi connectivity index (χ3n) is 4.28. The Morgan fingerprint density at radius 1 is 1.07 bits per heavy atom. The van der Waals surface area contributed by atoms with Gasteiger partial charge in [-0.3, -0.25) is 4.79 Å². The normalized spacial score (nSPS) is 13.0. The summed E-state index contributed by atoms with van der Waals surface area (Å²) in [6.45, 7) is 5.04. The highest BCUT2D eigenvalue weighted by Crippen LogP contribution is 2.20. The van der Waals surface area contributed by atoms with Gasteiger partial charge in [-0.25, -0.2) is 17.2 Å². The number of amides is 1. The topological polar surface area (TPSA) is 66.5 Å². The smallest absolute Gasteiger partial charge is 0.251 e. The van der Waals surface area contributed by atoms with Crippen LogP contribution in [0.3, 0.4) is 0 Å². The number of carbonyl (C=O) groups is 1. The maximum atomic E-state index is 13.9. The second-order valence-corrected chi connectivity index (χ2v) is 8.50. The molecule has 1 amide bonds. The fourth-order valence-electron chi connectivity index (χ4n) is 2.45. The number of hydrogen-bond acceptors (Lipinski definition) is 3.